The van der Waals surface area contributed by atoms with Crippen LogP contribution < -0.4 is 5.73 Å². The van der Waals surface area contributed by atoms with Crippen LogP contribution in [0.2, 0.25) is 0 Å². The lowest BCUT2D eigenvalue weighted by Crippen LogP contribution is -2.28. The molecule has 0 aliphatic carbocycles. The van der Waals surface area contributed by atoms with Gasteiger partial charge in [-0.2, -0.15) is 0 Å². The number of amides is 1. The monoisotopic (exact) mass is 268 g/mol. The Morgan fingerprint density at radius 3 is 2.40 bits per heavy atom. The van der Waals surface area contributed by atoms with Gasteiger partial charge in [0, 0.05) is 24.8 Å². The average molecular weight is 268 g/mol. The van der Waals surface area contributed by atoms with Crippen molar-refractivity contribution in [1.82, 2.24) is 4.90 Å². The van der Waals surface area contributed by atoms with E-state index in [1.807, 2.05) is 19.2 Å². The Morgan fingerprint density at radius 2 is 1.75 bits per heavy atom. The Balaban J connectivity index is 1.98. The normalized spacial score (nSPS) is 10.3. The molecule has 0 fully saturated rings. The predicted octanol–water partition coefficient (Wildman–Crippen LogP) is 2.89. The van der Waals surface area contributed by atoms with Gasteiger partial charge in [0.25, 0.3) is 5.91 Å². The summed E-state index contributed by atoms with van der Waals surface area (Å²) in [5.74, 6) is 0.0265. The van der Waals surface area contributed by atoms with Crippen molar-refractivity contribution >= 4 is 11.6 Å². The summed E-state index contributed by atoms with van der Waals surface area (Å²) in [5.41, 5.74) is 9.52. The Bertz CT molecular complexity index is 590. The zero-order valence-corrected chi connectivity index (χ0v) is 12.0. The van der Waals surface area contributed by atoms with Gasteiger partial charge < -0.3 is 10.6 Å². The number of nitrogens with two attached hydrogens (primary N) is 1. The molecule has 0 bridgehead atoms. The van der Waals surface area contributed by atoms with Crippen LogP contribution in [-0.2, 0) is 6.42 Å². The zero-order valence-electron chi connectivity index (χ0n) is 12.0. The summed E-state index contributed by atoms with van der Waals surface area (Å²) in [6.45, 7) is 2.80. The Labute approximate surface area is 120 Å². The third-order valence-corrected chi connectivity index (χ3v) is 3.48. The highest BCUT2D eigenvalue weighted by Crippen LogP contribution is 2.11. The minimum Gasteiger partial charge on any atom is -0.399 e. The van der Waals surface area contributed by atoms with E-state index in [4.69, 9.17) is 5.73 Å². The minimum absolute atomic E-state index is 0.0265. The van der Waals surface area contributed by atoms with Gasteiger partial charge in [-0.15, -0.1) is 0 Å². The predicted molar refractivity (Wildman–Crippen MR) is 82.7 cm³/mol. The standard InChI is InChI=1S/C17H20N2O/c1-13-5-3-4-6-14(13)11-12-19(2)17(20)15-7-9-16(18)10-8-15/h3-10H,11-12,18H2,1-2H3. The molecule has 2 N–H and O–H groups in total. The number of carbonyl (C=O) groups is 1. The number of likely N-dealkylation sites (N-methyl/N-ethyl adjacent to an activating group) is 1. The number of carbonyl (C=O) groups excluding carboxylic acids is 1. The molecule has 0 unspecified atom stereocenters. The van der Waals surface area contributed by atoms with Crippen LogP contribution in [0.15, 0.2) is 48.5 Å². The smallest absolute Gasteiger partial charge is 0.253 e. The SMILES string of the molecule is Cc1ccccc1CCN(C)C(=O)c1ccc(N)cc1. The summed E-state index contributed by atoms with van der Waals surface area (Å²) in [6.07, 6.45) is 0.865. The second-order valence-electron chi connectivity index (χ2n) is 5.03. The lowest BCUT2D eigenvalue weighted by atomic mass is 10.1. The fourth-order valence-corrected chi connectivity index (χ4v) is 2.13. The summed E-state index contributed by atoms with van der Waals surface area (Å²) in [7, 11) is 1.83. The molecule has 0 heterocycles. The third kappa shape index (κ3) is 3.38. The number of hydrogen-bond donors (Lipinski definition) is 1. The second kappa shape index (κ2) is 6.24. The lowest BCUT2D eigenvalue weighted by Gasteiger charge is -2.18. The number of anilines is 1. The molecule has 20 heavy (non-hydrogen) atoms. The minimum atomic E-state index is 0.0265. The first-order chi connectivity index (χ1) is 9.58. The second-order valence-corrected chi connectivity index (χ2v) is 5.03. The van der Waals surface area contributed by atoms with Crippen LogP contribution in [0.1, 0.15) is 21.5 Å². The first-order valence-electron chi connectivity index (χ1n) is 6.73. The highest BCUT2D eigenvalue weighted by atomic mass is 16.2. The summed E-state index contributed by atoms with van der Waals surface area (Å²) < 4.78 is 0. The van der Waals surface area contributed by atoms with Crippen LogP contribution in [-0.4, -0.2) is 24.4 Å². The molecular formula is C17H20N2O. The van der Waals surface area contributed by atoms with E-state index in [0.29, 0.717) is 17.8 Å². The number of nitrogen functional groups attached to an aromatic ring is 1. The van der Waals surface area contributed by atoms with Crippen LogP contribution in [0, 0.1) is 6.92 Å². The molecule has 0 aromatic heterocycles. The van der Waals surface area contributed by atoms with E-state index >= 15 is 0 Å². The van der Waals surface area contributed by atoms with E-state index in [-0.39, 0.29) is 5.91 Å². The van der Waals surface area contributed by atoms with Crippen LogP contribution in [0.25, 0.3) is 0 Å². The van der Waals surface area contributed by atoms with Crippen LogP contribution >= 0.6 is 0 Å². The summed E-state index contributed by atoms with van der Waals surface area (Å²) >= 11 is 0. The first kappa shape index (κ1) is 14.1. The van der Waals surface area contributed by atoms with Gasteiger partial charge >= 0.3 is 0 Å². The summed E-state index contributed by atoms with van der Waals surface area (Å²) in [6, 6.07) is 15.3. The molecule has 104 valence electrons. The molecule has 3 nitrogen and oxygen atoms in total. The number of aryl methyl sites for hydroxylation is 1. The van der Waals surface area contributed by atoms with Gasteiger partial charge in [0.2, 0.25) is 0 Å². The number of rotatable bonds is 4. The van der Waals surface area contributed by atoms with Crippen molar-refractivity contribution in [3.63, 3.8) is 0 Å². The topological polar surface area (TPSA) is 46.3 Å². The highest BCUT2D eigenvalue weighted by Gasteiger charge is 2.11. The Hall–Kier alpha value is -2.29. The van der Waals surface area contributed by atoms with Crippen molar-refractivity contribution in [2.75, 3.05) is 19.3 Å². The number of hydrogen-bond acceptors (Lipinski definition) is 2. The van der Waals surface area contributed by atoms with Crippen LogP contribution in [0.3, 0.4) is 0 Å². The van der Waals surface area contributed by atoms with Gasteiger partial charge in [-0.1, -0.05) is 24.3 Å². The Kier molecular flexibility index (Phi) is 4.41. The van der Waals surface area contributed by atoms with E-state index in [2.05, 4.69) is 19.1 Å². The maximum atomic E-state index is 12.2. The molecule has 3 heteroatoms. The fraction of sp³-hybridized carbons (Fsp3) is 0.235. The maximum absolute atomic E-state index is 12.2. The third-order valence-electron chi connectivity index (χ3n) is 3.48. The van der Waals surface area contributed by atoms with Gasteiger partial charge in [0.15, 0.2) is 0 Å². The lowest BCUT2D eigenvalue weighted by molar-refractivity contribution is 0.0796. The van der Waals surface area contributed by atoms with Gasteiger partial charge in [-0.25, -0.2) is 0 Å². The molecule has 0 spiro atoms. The Morgan fingerprint density at radius 1 is 1.10 bits per heavy atom. The molecule has 0 atom stereocenters. The molecule has 0 radical (unpaired) electrons. The maximum Gasteiger partial charge on any atom is 0.253 e. The zero-order chi connectivity index (χ0) is 14.5. The molecule has 1 amide bonds. The van der Waals surface area contributed by atoms with Gasteiger partial charge in [0.05, 0.1) is 0 Å². The van der Waals surface area contributed by atoms with Crippen molar-refractivity contribution in [3.05, 3.63) is 65.2 Å². The molecule has 0 aliphatic heterocycles. The molecule has 0 saturated heterocycles. The molecular weight excluding hydrogens is 248 g/mol. The van der Waals surface area contributed by atoms with E-state index in [9.17, 15) is 4.79 Å². The summed E-state index contributed by atoms with van der Waals surface area (Å²) in [5, 5.41) is 0. The highest BCUT2D eigenvalue weighted by molar-refractivity contribution is 5.94. The molecule has 2 aromatic carbocycles. The van der Waals surface area contributed by atoms with Crippen LogP contribution in [0.5, 0.6) is 0 Å². The van der Waals surface area contributed by atoms with Crippen molar-refractivity contribution in [2.24, 2.45) is 0 Å². The summed E-state index contributed by atoms with van der Waals surface area (Å²) in [4.78, 5) is 14.0. The van der Waals surface area contributed by atoms with Gasteiger partial charge in [0.1, 0.15) is 0 Å². The number of benzene rings is 2. The average Bonchev–Trinajstić information content (AvgIpc) is 2.46. The van der Waals surface area contributed by atoms with Gasteiger partial charge in [-0.3, -0.25) is 4.79 Å². The van der Waals surface area contributed by atoms with E-state index in [0.717, 1.165) is 6.42 Å². The largest absolute Gasteiger partial charge is 0.399 e. The first-order valence-corrected chi connectivity index (χ1v) is 6.73. The molecule has 2 aromatic rings. The van der Waals surface area contributed by atoms with E-state index < -0.39 is 0 Å². The van der Waals surface area contributed by atoms with E-state index in [1.54, 1.807) is 29.2 Å². The fourth-order valence-electron chi connectivity index (χ4n) is 2.13. The van der Waals surface area contributed by atoms with Crippen molar-refractivity contribution < 1.29 is 4.79 Å². The quantitative estimate of drug-likeness (QED) is 0.867. The molecule has 0 saturated carbocycles. The van der Waals surface area contributed by atoms with Crippen molar-refractivity contribution in [1.29, 1.82) is 0 Å². The number of nitrogens with zero attached hydrogens (tertiary/aromatic N) is 1. The molecule has 0 aliphatic rings. The van der Waals surface area contributed by atoms with Crippen molar-refractivity contribution in [3.8, 4) is 0 Å². The van der Waals surface area contributed by atoms with Crippen LogP contribution in [0.4, 0.5) is 5.69 Å². The van der Waals surface area contributed by atoms with Crippen molar-refractivity contribution in [2.45, 2.75) is 13.3 Å². The molecule has 2 rings (SSSR count). The van der Waals surface area contributed by atoms with Gasteiger partial charge in [-0.05, 0) is 48.7 Å². The van der Waals surface area contributed by atoms with E-state index in [1.165, 1.54) is 11.1 Å².